The van der Waals surface area contributed by atoms with E-state index in [-0.39, 0.29) is 18.4 Å². The van der Waals surface area contributed by atoms with Crippen molar-refractivity contribution in [2.75, 3.05) is 19.3 Å². The Kier molecular flexibility index (Phi) is 5.59. The quantitative estimate of drug-likeness (QED) is 0.821. The van der Waals surface area contributed by atoms with Gasteiger partial charge in [0.2, 0.25) is 27.7 Å². The van der Waals surface area contributed by atoms with Crippen molar-refractivity contribution < 1.29 is 17.6 Å². The van der Waals surface area contributed by atoms with Gasteiger partial charge in [0.05, 0.1) is 12.8 Å². The molecule has 0 bridgehead atoms. The van der Waals surface area contributed by atoms with Gasteiger partial charge >= 0.3 is 0 Å². The molecule has 26 heavy (non-hydrogen) atoms. The molecular formula is C16H19ClN4O4S. The van der Waals surface area contributed by atoms with Gasteiger partial charge < -0.3 is 9.73 Å². The number of rotatable bonds is 5. The average molecular weight is 399 g/mol. The van der Waals surface area contributed by atoms with Gasteiger partial charge in [-0.05, 0) is 37.1 Å². The molecule has 8 nitrogen and oxygen atoms in total. The first kappa shape index (κ1) is 18.8. The van der Waals surface area contributed by atoms with E-state index in [1.807, 2.05) is 0 Å². The van der Waals surface area contributed by atoms with Crippen LogP contribution in [0.5, 0.6) is 0 Å². The van der Waals surface area contributed by atoms with Crippen molar-refractivity contribution in [3.05, 3.63) is 35.2 Å². The third-order valence-electron chi connectivity index (χ3n) is 4.27. The molecule has 1 aliphatic heterocycles. The summed E-state index contributed by atoms with van der Waals surface area (Å²) in [6.07, 6.45) is 2.18. The normalized spacial score (nSPS) is 16.5. The molecule has 0 radical (unpaired) electrons. The van der Waals surface area contributed by atoms with E-state index in [0.29, 0.717) is 42.7 Å². The topological polar surface area (TPSA) is 105 Å². The zero-order chi connectivity index (χ0) is 18.7. The van der Waals surface area contributed by atoms with Crippen molar-refractivity contribution in [3.63, 3.8) is 0 Å². The zero-order valence-corrected chi connectivity index (χ0v) is 15.8. The van der Waals surface area contributed by atoms with Gasteiger partial charge in [-0.2, -0.15) is 0 Å². The maximum atomic E-state index is 12.3. The van der Waals surface area contributed by atoms with E-state index >= 15 is 0 Å². The summed E-state index contributed by atoms with van der Waals surface area (Å²) in [6.45, 7) is 0.849. The van der Waals surface area contributed by atoms with E-state index in [2.05, 4.69) is 15.5 Å². The van der Waals surface area contributed by atoms with Crippen LogP contribution in [0.1, 0.15) is 18.7 Å². The average Bonchev–Trinajstić information content (AvgIpc) is 3.08. The summed E-state index contributed by atoms with van der Waals surface area (Å²) in [4.78, 5) is 12.3. The lowest BCUT2D eigenvalue weighted by Crippen LogP contribution is -2.42. The molecule has 1 saturated heterocycles. The summed E-state index contributed by atoms with van der Waals surface area (Å²) < 4.78 is 29.9. The Morgan fingerprint density at radius 2 is 1.92 bits per heavy atom. The number of hydrogen-bond acceptors (Lipinski definition) is 6. The summed E-state index contributed by atoms with van der Waals surface area (Å²) in [5.41, 5.74) is 0.743. The molecule has 1 amide bonds. The molecule has 140 valence electrons. The van der Waals surface area contributed by atoms with Crippen LogP contribution in [-0.4, -0.2) is 48.2 Å². The number of aromatic nitrogens is 2. The van der Waals surface area contributed by atoms with Crippen LogP contribution in [0, 0.1) is 5.92 Å². The molecule has 1 aromatic carbocycles. The molecule has 0 aliphatic carbocycles. The highest BCUT2D eigenvalue weighted by atomic mass is 35.5. The molecule has 0 spiro atoms. The Morgan fingerprint density at radius 3 is 2.54 bits per heavy atom. The number of carbonyl (C=O) groups excluding carboxylic acids is 1. The van der Waals surface area contributed by atoms with Crippen molar-refractivity contribution in [2.24, 2.45) is 5.92 Å². The second-order valence-electron chi connectivity index (χ2n) is 6.16. The number of amides is 1. The van der Waals surface area contributed by atoms with Gasteiger partial charge in [-0.3, -0.25) is 4.79 Å². The summed E-state index contributed by atoms with van der Waals surface area (Å²) in [5.74, 6) is 0.306. The van der Waals surface area contributed by atoms with Crippen LogP contribution in [0.25, 0.3) is 11.5 Å². The van der Waals surface area contributed by atoms with Crippen molar-refractivity contribution in [2.45, 2.75) is 19.4 Å². The van der Waals surface area contributed by atoms with Crippen molar-refractivity contribution >= 4 is 27.5 Å². The molecule has 0 saturated carbocycles. The van der Waals surface area contributed by atoms with Gasteiger partial charge in [0, 0.05) is 29.6 Å². The minimum atomic E-state index is -3.20. The van der Waals surface area contributed by atoms with Crippen LogP contribution in [0.3, 0.4) is 0 Å². The Morgan fingerprint density at radius 1 is 1.27 bits per heavy atom. The highest BCUT2D eigenvalue weighted by Crippen LogP contribution is 2.21. The number of halogens is 1. The molecule has 1 aliphatic rings. The Bertz CT molecular complexity index is 874. The monoisotopic (exact) mass is 398 g/mol. The van der Waals surface area contributed by atoms with Crippen LogP contribution in [0.15, 0.2) is 28.7 Å². The molecule has 2 heterocycles. The molecule has 0 atom stereocenters. The molecular weight excluding hydrogens is 380 g/mol. The molecule has 2 aromatic rings. The molecule has 3 rings (SSSR count). The molecule has 1 aromatic heterocycles. The van der Waals surface area contributed by atoms with Crippen molar-refractivity contribution in [3.8, 4) is 11.5 Å². The number of carbonyl (C=O) groups is 1. The fourth-order valence-electron chi connectivity index (χ4n) is 2.79. The summed E-state index contributed by atoms with van der Waals surface area (Å²) in [7, 11) is -3.20. The van der Waals surface area contributed by atoms with E-state index in [1.165, 1.54) is 10.6 Å². The number of piperidine rings is 1. The first-order chi connectivity index (χ1) is 12.3. The van der Waals surface area contributed by atoms with E-state index in [9.17, 15) is 13.2 Å². The predicted octanol–water partition coefficient (Wildman–Crippen LogP) is 1.68. The Hall–Kier alpha value is -1.97. The zero-order valence-electron chi connectivity index (χ0n) is 14.2. The third-order valence-corrected chi connectivity index (χ3v) is 5.82. The number of sulfonamides is 1. The second kappa shape index (κ2) is 7.73. The van der Waals surface area contributed by atoms with Crippen LogP contribution < -0.4 is 5.32 Å². The van der Waals surface area contributed by atoms with Gasteiger partial charge in [-0.25, -0.2) is 12.7 Å². The third kappa shape index (κ3) is 4.60. The Balaban J connectivity index is 1.52. The molecule has 0 unspecified atom stereocenters. The van der Waals surface area contributed by atoms with Gasteiger partial charge in [-0.15, -0.1) is 10.2 Å². The molecule has 1 fully saturated rings. The van der Waals surface area contributed by atoms with E-state index < -0.39 is 10.0 Å². The highest BCUT2D eigenvalue weighted by Gasteiger charge is 2.28. The number of nitrogens with zero attached hydrogens (tertiary/aromatic N) is 3. The van der Waals surface area contributed by atoms with Gasteiger partial charge in [0.25, 0.3) is 0 Å². The SMILES string of the molecule is CS(=O)(=O)N1CCC(C(=O)NCc2nnc(-c3ccc(Cl)cc3)o2)CC1. The van der Waals surface area contributed by atoms with Crippen LogP contribution in [0.4, 0.5) is 0 Å². The second-order valence-corrected chi connectivity index (χ2v) is 8.58. The smallest absolute Gasteiger partial charge is 0.247 e. The van der Waals surface area contributed by atoms with Crippen LogP contribution in [-0.2, 0) is 21.4 Å². The number of nitrogens with one attached hydrogen (secondary N) is 1. The van der Waals surface area contributed by atoms with E-state index in [1.54, 1.807) is 24.3 Å². The van der Waals surface area contributed by atoms with Crippen LogP contribution in [0.2, 0.25) is 5.02 Å². The van der Waals surface area contributed by atoms with E-state index in [0.717, 1.165) is 5.56 Å². The minimum absolute atomic E-state index is 0.131. The number of hydrogen-bond donors (Lipinski definition) is 1. The predicted molar refractivity (Wildman–Crippen MR) is 95.7 cm³/mol. The van der Waals surface area contributed by atoms with Gasteiger partial charge in [0.15, 0.2) is 0 Å². The fourth-order valence-corrected chi connectivity index (χ4v) is 3.79. The molecule has 1 N–H and O–H groups in total. The summed E-state index contributed by atoms with van der Waals surface area (Å²) in [6, 6.07) is 7.00. The first-order valence-electron chi connectivity index (χ1n) is 8.14. The largest absolute Gasteiger partial charge is 0.419 e. The summed E-state index contributed by atoms with van der Waals surface area (Å²) in [5, 5.41) is 11.3. The van der Waals surface area contributed by atoms with Gasteiger partial charge in [-0.1, -0.05) is 11.6 Å². The maximum absolute atomic E-state index is 12.3. The van der Waals surface area contributed by atoms with Crippen molar-refractivity contribution in [1.29, 1.82) is 0 Å². The standard InChI is InChI=1S/C16H19ClN4O4S/c1-26(23,24)21-8-6-11(7-9-21)15(22)18-10-14-19-20-16(25-14)12-2-4-13(17)5-3-12/h2-5,11H,6-10H2,1H3,(H,18,22). The number of benzene rings is 1. The minimum Gasteiger partial charge on any atom is -0.419 e. The van der Waals surface area contributed by atoms with Crippen molar-refractivity contribution in [1.82, 2.24) is 19.8 Å². The fraction of sp³-hybridized carbons (Fsp3) is 0.438. The van der Waals surface area contributed by atoms with E-state index in [4.69, 9.17) is 16.0 Å². The Labute approximate surface area is 156 Å². The maximum Gasteiger partial charge on any atom is 0.247 e. The van der Waals surface area contributed by atoms with Gasteiger partial charge in [0.1, 0.15) is 0 Å². The lowest BCUT2D eigenvalue weighted by molar-refractivity contribution is -0.126. The molecule has 10 heteroatoms. The first-order valence-corrected chi connectivity index (χ1v) is 10.4. The highest BCUT2D eigenvalue weighted by molar-refractivity contribution is 7.88. The lowest BCUT2D eigenvalue weighted by atomic mass is 9.97. The lowest BCUT2D eigenvalue weighted by Gasteiger charge is -2.29. The van der Waals surface area contributed by atoms with Crippen LogP contribution >= 0.6 is 11.6 Å². The summed E-state index contributed by atoms with van der Waals surface area (Å²) >= 11 is 5.85.